The van der Waals surface area contributed by atoms with Crippen LogP contribution in [0.2, 0.25) is 0 Å². The highest BCUT2D eigenvalue weighted by Crippen LogP contribution is 2.13. The van der Waals surface area contributed by atoms with Crippen molar-refractivity contribution in [3.8, 4) is 12.3 Å². The number of ether oxygens (including phenoxy) is 1. The summed E-state index contributed by atoms with van der Waals surface area (Å²) >= 11 is 0. The van der Waals surface area contributed by atoms with E-state index in [1.54, 1.807) is 0 Å². The van der Waals surface area contributed by atoms with Crippen LogP contribution in [0.1, 0.15) is 12.8 Å². The molecule has 0 aromatic heterocycles. The van der Waals surface area contributed by atoms with Crippen LogP contribution in [0, 0.1) is 18.3 Å². The van der Waals surface area contributed by atoms with Crippen molar-refractivity contribution in [1.82, 2.24) is 4.90 Å². The Morgan fingerprint density at radius 1 is 1.67 bits per heavy atom. The van der Waals surface area contributed by atoms with E-state index in [9.17, 15) is 0 Å². The van der Waals surface area contributed by atoms with Gasteiger partial charge in [-0.3, -0.25) is 4.90 Å². The van der Waals surface area contributed by atoms with E-state index in [0.717, 1.165) is 26.3 Å². The van der Waals surface area contributed by atoms with E-state index >= 15 is 0 Å². The van der Waals surface area contributed by atoms with Crippen molar-refractivity contribution in [2.45, 2.75) is 12.8 Å². The lowest BCUT2D eigenvalue weighted by Crippen LogP contribution is -2.31. The highest BCUT2D eigenvalue weighted by molar-refractivity contribution is 4.87. The zero-order chi connectivity index (χ0) is 8.81. The molecule has 0 N–H and O–H groups in total. The Bertz CT molecular complexity index is 156. The van der Waals surface area contributed by atoms with E-state index in [4.69, 9.17) is 11.2 Å². The molecule has 68 valence electrons. The minimum absolute atomic E-state index is 0.692. The normalized spacial score (nSPS) is 23.9. The third-order valence-corrected chi connectivity index (χ3v) is 2.19. The highest BCUT2D eigenvalue weighted by atomic mass is 16.5. The molecular weight excluding hydrogens is 150 g/mol. The average Bonchev–Trinajstić information content (AvgIpc) is 2.06. The summed E-state index contributed by atoms with van der Waals surface area (Å²) in [5.74, 6) is 3.33. The Kier molecular flexibility index (Phi) is 4.13. The molecule has 0 bridgehead atoms. The van der Waals surface area contributed by atoms with Gasteiger partial charge in [-0.2, -0.15) is 0 Å². The molecule has 0 amide bonds. The average molecular weight is 167 g/mol. The molecule has 2 heteroatoms. The van der Waals surface area contributed by atoms with Gasteiger partial charge in [-0.15, -0.1) is 6.42 Å². The molecule has 1 fully saturated rings. The molecule has 1 saturated heterocycles. The lowest BCUT2D eigenvalue weighted by molar-refractivity contribution is 0.0436. The van der Waals surface area contributed by atoms with E-state index in [0.29, 0.717) is 5.92 Å². The Balaban J connectivity index is 2.16. The fourth-order valence-corrected chi connectivity index (χ4v) is 1.61. The van der Waals surface area contributed by atoms with Crippen molar-refractivity contribution in [2.75, 3.05) is 33.4 Å². The predicted octanol–water partition coefficient (Wildman–Crippen LogP) is 0.978. The maximum atomic E-state index is 5.38. The van der Waals surface area contributed by atoms with Crippen molar-refractivity contribution in [1.29, 1.82) is 0 Å². The first kappa shape index (κ1) is 9.57. The molecular formula is C10H17NO. The molecule has 1 rings (SSSR count). The number of hydrogen-bond donors (Lipinski definition) is 0. The van der Waals surface area contributed by atoms with E-state index < -0.39 is 0 Å². The first-order valence-corrected chi connectivity index (χ1v) is 4.52. The van der Waals surface area contributed by atoms with Crippen LogP contribution in [-0.4, -0.2) is 38.3 Å². The molecule has 0 aromatic carbocycles. The van der Waals surface area contributed by atoms with Gasteiger partial charge in [-0.05, 0) is 25.8 Å². The summed E-state index contributed by atoms with van der Waals surface area (Å²) in [6.07, 6.45) is 7.70. The predicted molar refractivity (Wildman–Crippen MR) is 49.9 cm³/mol. The molecule has 0 aromatic rings. The highest BCUT2D eigenvalue weighted by Gasteiger charge is 2.14. The largest absolute Gasteiger partial charge is 0.381 e. The summed E-state index contributed by atoms with van der Waals surface area (Å²) in [7, 11) is 2.06. The number of hydrogen-bond acceptors (Lipinski definition) is 2. The molecule has 1 heterocycles. The van der Waals surface area contributed by atoms with Gasteiger partial charge >= 0.3 is 0 Å². The molecule has 12 heavy (non-hydrogen) atoms. The van der Waals surface area contributed by atoms with Crippen LogP contribution in [0.4, 0.5) is 0 Å². The minimum Gasteiger partial charge on any atom is -0.381 e. The zero-order valence-corrected chi connectivity index (χ0v) is 7.75. The van der Waals surface area contributed by atoms with Gasteiger partial charge < -0.3 is 4.74 Å². The van der Waals surface area contributed by atoms with Crippen LogP contribution in [0.15, 0.2) is 0 Å². The van der Waals surface area contributed by atoms with Crippen LogP contribution >= 0.6 is 0 Å². The van der Waals surface area contributed by atoms with Crippen molar-refractivity contribution in [3.63, 3.8) is 0 Å². The number of nitrogens with zero attached hydrogens (tertiary/aromatic N) is 1. The van der Waals surface area contributed by atoms with Crippen molar-refractivity contribution < 1.29 is 4.74 Å². The molecule has 1 unspecified atom stereocenters. The second kappa shape index (κ2) is 5.18. The summed E-state index contributed by atoms with van der Waals surface area (Å²) in [5, 5.41) is 0. The second-order valence-electron chi connectivity index (χ2n) is 3.48. The zero-order valence-electron chi connectivity index (χ0n) is 7.75. The van der Waals surface area contributed by atoms with Crippen LogP contribution in [-0.2, 0) is 4.74 Å². The van der Waals surface area contributed by atoms with Gasteiger partial charge in [0.25, 0.3) is 0 Å². The van der Waals surface area contributed by atoms with E-state index in [2.05, 4.69) is 17.9 Å². The molecule has 0 saturated carbocycles. The standard InChI is InChI=1S/C10H17NO/c1-3-6-11(2)8-10-5-4-7-12-9-10/h1,10H,4-9H2,2H3. The Hall–Kier alpha value is -0.520. The number of terminal acetylenes is 1. The molecule has 0 radical (unpaired) electrons. The van der Waals surface area contributed by atoms with Gasteiger partial charge in [-0.1, -0.05) is 5.92 Å². The van der Waals surface area contributed by atoms with Gasteiger partial charge in [0, 0.05) is 13.2 Å². The molecule has 2 nitrogen and oxygen atoms in total. The Labute approximate surface area is 74.9 Å². The first-order chi connectivity index (χ1) is 5.83. The van der Waals surface area contributed by atoms with Gasteiger partial charge in [0.15, 0.2) is 0 Å². The lowest BCUT2D eigenvalue weighted by atomic mass is 10.0. The summed E-state index contributed by atoms with van der Waals surface area (Å²) in [6, 6.07) is 0. The SMILES string of the molecule is C#CCN(C)CC1CCCOC1. The van der Waals surface area contributed by atoms with Crippen LogP contribution < -0.4 is 0 Å². The molecule has 0 spiro atoms. The Morgan fingerprint density at radius 3 is 3.08 bits per heavy atom. The first-order valence-electron chi connectivity index (χ1n) is 4.52. The second-order valence-corrected chi connectivity index (χ2v) is 3.48. The van der Waals surface area contributed by atoms with Crippen molar-refractivity contribution in [3.05, 3.63) is 0 Å². The minimum atomic E-state index is 0.692. The Morgan fingerprint density at radius 2 is 2.50 bits per heavy atom. The molecule has 1 aliphatic rings. The summed E-state index contributed by atoms with van der Waals surface area (Å²) in [4.78, 5) is 2.18. The topological polar surface area (TPSA) is 12.5 Å². The fraction of sp³-hybridized carbons (Fsp3) is 0.800. The van der Waals surface area contributed by atoms with E-state index in [1.165, 1.54) is 12.8 Å². The van der Waals surface area contributed by atoms with Crippen LogP contribution in [0.5, 0.6) is 0 Å². The van der Waals surface area contributed by atoms with Crippen LogP contribution in [0.3, 0.4) is 0 Å². The summed E-state index contributed by atoms with van der Waals surface area (Å²) in [6.45, 7) is 3.67. The van der Waals surface area contributed by atoms with E-state index in [-0.39, 0.29) is 0 Å². The maximum absolute atomic E-state index is 5.38. The van der Waals surface area contributed by atoms with Gasteiger partial charge in [0.2, 0.25) is 0 Å². The third kappa shape index (κ3) is 3.25. The van der Waals surface area contributed by atoms with Gasteiger partial charge in [-0.25, -0.2) is 0 Å². The van der Waals surface area contributed by atoms with Crippen LogP contribution in [0.25, 0.3) is 0 Å². The van der Waals surface area contributed by atoms with Crippen molar-refractivity contribution in [2.24, 2.45) is 5.92 Å². The number of rotatable bonds is 3. The van der Waals surface area contributed by atoms with Gasteiger partial charge in [0.05, 0.1) is 13.2 Å². The van der Waals surface area contributed by atoms with Gasteiger partial charge in [0.1, 0.15) is 0 Å². The fourth-order valence-electron chi connectivity index (χ4n) is 1.61. The summed E-state index contributed by atoms with van der Waals surface area (Å²) < 4.78 is 5.38. The third-order valence-electron chi connectivity index (χ3n) is 2.19. The van der Waals surface area contributed by atoms with E-state index in [1.807, 2.05) is 0 Å². The molecule has 1 aliphatic heterocycles. The monoisotopic (exact) mass is 167 g/mol. The molecule has 1 atom stereocenters. The quantitative estimate of drug-likeness (QED) is 0.581. The lowest BCUT2D eigenvalue weighted by Gasteiger charge is -2.25. The van der Waals surface area contributed by atoms with Crippen molar-refractivity contribution >= 4 is 0 Å². The maximum Gasteiger partial charge on any atom is 0.0596 e. The molecule has 0 aliphatic carbocycles. The summed E-state index contributed by atoms with van der Waals surface area (Å²) in [5.41, 5.74) is 0. The smallest absolute Gasteiger partial charge is 0.0596 e.